The maximum atomic E-state index is 12.1. The van der Waals surface area contributed by atoms with Crippen molar-refractivity contribution in [2.24, 2.45) is 5.73 Å². The molecule has 0 bridgehead atoms. The Labute approximate surface area is 115 Å². The zero-order chi connectivity index (χ0) is 14.8. The topological polar surface area (TPSA) is 136 Å². The molecule has 0 aromatic carbocycles. The number of imidazole rings is 1. The molecule has 0 unspecified atom stereocenters. The smallest absolute Gasteiger partial charge is 0.279 e. The van der Waals surface area contributed by atoms with Crippen LogP contribution in [0.4, 0.5) is 5.69 Å². The van der Waals surface area contributed by atoms with Crippen molar-refractivity contribution in [3.63, 3.8) is 0 Å². The summed E-state index contributed by atoms with van der Waals surface area (Å²) in [6.07, 6.45) is 4.51. The highest BCUT2D eigenvalue weighted by molar-refractivity contribution is 7.92. The van der Waals surface area contributed by atoms with Crippen molar-refractivity contribution < 1.29 is 13.2 Å². The van der Waals surface area contributed by atoms with E-state index in [-0.39, 0.29) is 17.3 Å². The molecule has 0 saturated heterocycles. The van der Waals surface area contributed by atoms with Gasteiger partial charge in [-0.25, -0.2) is 4.98 Å². The fourth-order valence-electron chi connectivity index (χ4n) is 1.53. The minimum Gasteiger partial charge on any atom is -0.368 e. The Kier molecular flexibility index (Phi) is 3.74. The quantitative estimate of drug-likeness (QED) is 0.657. The van der Waals surface area contributed by atoms with Crippen LogP contribution >= 0.6 is 0 Å². The van der Waals surface area contributed by atoms with Crippen molar-refractivity contribution >= 4 is 21.6 Å². The zero-order valence-electron chi connectivity index (χ0n) is 10.7. The zero-order valence-corrected chi connectivity index (χ0v) is 11.5. The SMILES string of the molecule is CCc1ncc(S(=O)(=O)Nc2cnn(CC(N)=O)c2)[nH]1. The molecule has 0 radical (unpaired) electrons. The highest BCUT2D eigenvalue weighted by atomic mass is 32.2. The summed E-state index contributed by atoms with van der Waals surface area (Å²) in [7, 11) is -3.76. The van der Waals surface area contributed by atoms with Gasteiger partial charge in [0, 0.05) is 12.6 Å². The van der Waals surface area contributed by atoms with Crippen LogP contribution in [0.2, 0.25) is 0 Å². The molecule has 0 aliphatic carbocycles. The van der Waals surface area contributed by atoms with E-state index in [1.807, 2.05) is 6.92 Å². The number of hydrogen-bond acceptors (Lipinski definition) is 5. The highest BCUT2D eigenvalue weighted by Gasteiger charge is 2.18. The van der Waals surface area contributed by atoms with Crippen LogP contribution in [-0.4, -0.2) is 34.1 Å². The van der Waals surface area contributed by atoms with Gasteiger partial charge in [0.1, 0.15) is 12.4 Å². The number of carbonyl (C=O) groups is 1. The average molecular weight is 298 g/mol. The molecule has 2 aromatic heterocycles. The van der Waals surface area contributed by atoms with Crippen LogP contribution < -0.4 is 10.5 Å². The number of aryl methyl sites for hydroxylation is 1. The number of nitrogens with one attached hydrogen (secondary N) is 2. The molecule has 108 valence electrons. The first-order valence-electron chi connectivity index (χ1n) is 5.78. The van der Waals surface area contributed by atoms with Crippen LogP contribution in [0.5, 0.6) is 0 Å². The summed E-state index contributed by atoms with van der Waals surface area (Å²) in [5.41, 5.74) is 5.25. The van der Waals surface area contributed by atoms with Gasteiger partial charge in [-0.1, -0.05) is 6.92 Å². The fraction of sp³-hybridized carbons (Fsp3) is 0.300. The van der Waals surface area contributed by atoms with Crippen LogP contribution in [0.1, 0.15) is 12.7 Å². The van der Waals surface area contributed by atoms with Gasteiger partial charge in [0.25, 0.3) is 10.0 Å². The predicted molar refractivity (Wildman–Crippen MR) is 70.2 cm³/mol. The second-order valence-electron chi connectivity index (χ2n) is 4.05. The fourth-order valence-corrected chi connectivity index (χ4v) is 2.50. The van der Waals surface area contributed by atoms with Gasteiger partial charge in [-0.3, -0.25) is 14.2 Å². The van der Waals surface area contributed by atoms with Gasteiger partial charge in [-0.15, -0.1) is 0 Å². The van der Waals surface area contributed by atoms with E-state index in [9.17, 15) is 13.2 Å². The van der Waals surface area contributed by atoms with Gasteiger partial charge in [-0.2, -0.15) is 13.5 Å². The molecular weight excluding hydrogens is 284 g/mol. The number of nitrogens with zero attached hydrogens (tertiary/aromatic N) is 3. The molecule has 2 rings (SSSR count). The molecule has 0 spiro atoms. The summed E-state index contributed by atoms with van der Waals surface area (Å²) in [4.78, 5) is 17.4. The van der Waals surface area contributed by atoms with Crippen molar-refractivity contribution in [2.75, 3.05) is 4.72 Å². The number of carbonyl (C=O) groups excluding carboxylic acids is 1. The maximum absolute atomic E-state index is 12.1. The Morgan fingerprint density at radius 3 is 2.85 bits per heavy atom. The molecule has 0 saturated carbocycles. The summed E-state index contributed by atoms with van der Waals surface area (Å²) >= 11 is 0. The van der Waals surface area contributed by atoms with E-state index in [4.69, 9.17) is 5.73 Å². The summed E-state index contributed by atoms with van der Waals surface area (Å²) < 4.78 is 27.7. The molecule has 1 amide bonds. The van der Waals surface area contributed by atoms with Crippen LogP contribution in [-0.2, 0) is 27.8 Å². The average Bonchev–Trinajstić information content (AvgIpc) is 2.97. The highest BCUT2D eigenvalue weighted by Crippen LogP contribution is 2.13. The Balaban J connectivity index is 2.15. The number of H-pyrrole nitrogens is 1. The number of amides is 1. The minimum atomic E-state index is -3.76. The first kappa shape index (κ1) is 14.1. The Bertz CT molecular complexity index is 717. The van der Waals surface area contributed by atoms with Crippen LogP contribution in [0.15, 0.2) is 23.6 Å². The van der Waals surface area contributed by atoms with Crippen LogP contribution in [0.25, 0.3) is 0 Å². The normalized spacial score (nSPS) is 11.4. The molecule has 0 fully saturated rings. The lowest BCUT2D eigenvalue weighted by Gasteiger charge is -2.02. The van der Waals surface area contributed by atoms with Crippen molar-refractivity contribution in [1.29, 1.82) is 0 Å². The number of aromatic amines is 1. The number of rotatable bonds is 6. The Morgan fingerprint density at radius 1 is 1.50 bits per heavy atom. The van der Waals surface area contributed by atoms with Crippen LogP contribution in [0, 0.1) is 0 Å². The number of hydrogen-bond donors (Lipinski definition) is 3. The van der Waals surface area contributed by atoms with Crippen molar-refractivity contribution in [1.82, 2.24) is 19.7 Å². The van der Waals surface area contributed by atoms with E-state index in [0.717, 1.165) is 0 Å². The van der Waals surface area contributed by atoms with E-state index in [0.29, 0.717) is 12.2 Å². The maximum Gasteiger partial charge on any atom is 0.279 e. The molecule has 2 heterocycles. The first-order valence-corrected chi connectivity index (χ1v) is 7.26. The van der Waals surface area contributed by atoms with Gasteiger partial charge in [0.05, 0.1) is 18.1 Å². The number of sulfonamides is 1. The van der Waals surface area contributed by atoms with E-state index < -0.39 is 15.9 Å². The second kappa shape index (κ2) is 5.33. The molecule has 20 heavy (non-hydrogen) atoms. The summed E-state index contributed by atoms with van der Waals surface area (Å²) in [5.74, 6) is 0.0125. The van der Waals surface area contributed by atoms with Gasteiger partial charge in [0.2, 0.25) is 5.91 Å². The predicted octanol–water partition coefficient (Wildman–Crippen LogP) is -0.545. The lowest BCUT2D eigenvalue weighted by atomic mass is 10.5. The number of primary amides is 1. The van der Waals surface area contributed by atoms with Gasteiger partial charge >= 0.3 is 0 Å². The van der Waals surface area contributed by atoms with E-state index >= 15 is 0 Å². The van der Waals surface area contributed by atoms with Gasteiger partial charge in [-0.05, 0) is 0 Å². The van der Waals surface area contributed by atoms with Crippen molar-refractivity contribution in [3.8, 4) is 0 Å². The molecule has 4 N–H and O–H groups in total. The van der Waals surface area contributed by atoms with Gasteiger partial charge in [0.15, 0.2) is 5.03 Å². The van der Waals surface area contributed by atoms with E-state index in [1.54, 1.807) is 0 Å². The third-order valence-corrected chi connectivity index (χ3v) is 3.72. The van der Waals surface area contributed by atoms with Crippen molar-refractivity contribution in [2.45, 2.75) is 24.9 Å². The molecule has 10 heteroatoms. The molecule has 0 aliphatic rings. The Hall–Kier alpha value is -2.36. The summed E-state index contributed by atoms with van der Waals surface area (Å²) in [6.45, 7) is 1.74. The Morgan fingerprint density at radius 2 is 2.25 bits per heavy atom. The second-order valence-corrected chi connectivity index (χ2v) is 5.70. The van der Waals surface area contributed by atoms with E-state index in [2.05, 4.69) is 19.8 Å². The van der Waals surface area contributed by atoms with Gasteiger partial charge < -0.3 is 10.7 Å². The lowest BCUT2D eigenvalue weighted by Crippen LogP contribution is -2.18. The lowest BCUT2D eigenvalue weighted by molar-refractivity contribution is -0.118. The monoisotopic (exact) mass is 298 g/mol. The largest absolute Gasteiger partial charge is 0.368 e. The molecule has 2 aromatic rings. The standard InChI is InChI=1S/C10H14N6O3S/c1-2-9-12-4-10(14-9)20(18,19)15-7-3-13-16(5-7)6-8(11)17/h3-5,15H,2,6H2,1H3,(H2,11,17)(H,12,14). The number of anilines is 1. The third kappa shape index (κ3) is 3.15. The first-order chi connectivity index (χ1) is 9.40. The summed E-state index contributed by atoms with van der Waals surface area (Å²) in [5, 5.41) is 3.79. The summed E-state index contributed by atoms with van der Waals surface area (Å²) in [6, 6.07) is 0. The number of aromatic nitrogens is 4. The third-order valence-electron chi connectivity index (χ3n) is 2.43. The minimum absolute atomic E-state index is 0.0306. The number of nitrogens with two attached hydrogens (primary N) is 1. The van der Waals surface area contributed by atoms with Crippen LogP contribution in [0.3, 0.4) is 0 Å². The molecule has 9 nitrogen and oxygen atoms in total. The van der Waals surface area contributed by atoms with E-state index in [1.165, 1.54) is 23.3 Å². The van der Waals surface area contributed by atoms with Crippen molar-refractivity contribution in [3.05, 3.63) is 24.4 Å². The molecule has 0 aliphatic heterocycles. The molecule has 0 atom stereocenters. The molecular formula is C10H14N6O3S.